The van der Waals surface area contributed by atoms with E-state index < -0.39 is 0 Å². The van der Waals surface area contributed by atoms with Crippen LogP contribution in [0.5, 0.6) is 0 Å². The molecule has 0 bridgehead atoms. The van der Waals surface area contributed by atoms with Crippen molar-refractivity contribution in [2.45, 2.75) is 6.92 Å². The number of hydrogen-bond acceptors (Lipinski definition) is 3. The van der Waals surface area contributed by atoms with Crippen LogP contribution in [0.1, 0.15) is 15.9 Å². The lowest BCUT2D eigenvalue weighted by Gasteiger charge is -1.98. The third-order valence-corrected chi connectivity index (χ3v) is 1.34. The number of hydrogen-bond donors (Lipinski definition) is 1. The molecular formula is C7H8N2O. The van der Waals surface area contributed by atoms with E-state index >= 15 is 0 Å². The minimum atomic E-state index is 0.440. The topological polar surface area (TPSA) is 56.0 Å². The molecule has 1 heterocycles. The average Bonchev–Trinajstić information content (AvgIpc) is 1.88. The zero-order chi connectivity index (χ0) is 7.56. The number of nitrogen functional groups attached to an aromatic ring is 1. The van der Waals surface area contributed by atoms with E-state index in [1.54, 1.807) is 13.1 Å². The molecular weight excluding hydrogens is 128 g/mol. The third kappa shape index (κ3) is 0.978. The first kappa shape index (κ1) is 6.74. The molecule has 1 rings (SSSR count). The molecule has 0 aliphatic heterocycles. The zero-order valence-electron chi connectivity index (χ0n) is 5.66. The molecule has 0 unspecified atom stereocenters. The highest BCUT2D eigenvalue weighted by atomic mass is 16.1. The Morgan fingerprint density at radius 1 is 1.60 bits per heavy atom. The second-order valence-electron chi connectivity index (χ2n) is 2.08. The number of anilines is 1. The molecule has 0 atom stereocenters. The van der Waals surface area contributed by atoms with Gasteiger partial charge in [-0.3, -0.25) is 9.78 Å². The summed E-state index contributed by atoms with van der Waals surface area (Å²) < 4.78 is 0. The Labute approximate surface area is 58.9 Å². The number of carbonyl (C=O) groups excluding carboxylic acids is 1. The Kier molecular flexibility index (Phi) is 1.67. The Morgan fingerprint density at radius 3 is 2.70 bits per heavy atom. The normalized spacial score (nSPS) is 9.30. The fourth-order valence-corrected chi connectivity index (χ4v) is 0.757. The van der Waals surface area contributed by atoms with Crippen LogP contribution < -0.4 is 5.73 Å². The van der Waals surface area contributed by atoms with Gasteiger partial charge in [0.2, 0.25) is 0 Å². The first-order valence-corrected chi connectivity index (χ1v) is 2.91. The summed E-state index contributed by atoms with van der Waals surface area (Å²) in [7, 11) is 0. The molecule has 3 heteroatoms. The molecule has 0 amide bonds. The summed E-state index contributed by atoms with van der Waals surface area (Å²) >= 11 is 0. The molecule has 0 aliphatic carbocycles. The first-order chi connectivity index (χ1) is 4.75. The molecule has 0 aromatic carbocycles. The summed E-state index contributed by atoms with van der Waals surface area (Å²) in [5, 5.41) is 0. The summed E-state index contributed by atoms with van der Waals surface area (Å²) in [5.41, 5.74) is 7.23. The maximum atomic E-state index is 10.3. The molecule has 52 valence electrons. The quantitative estimate of drug-likeness (QED) is 0.580. The summed E-state index contributed by atoms with van der Waals surface area (Å²) in [5.74, 6) is 0. The number of nitrogens with two attached hydrogens (primary N) is 1. The van der Waals surface area contributed by atoms with E-state index in [1.165, 1.54) is 6.20 Å². The van der Waals surface area contributed by atoms with Crippen molar-refractivity contribution in [3.05, 3.63) is 23.5 Å². The second-order valence-corrected chi connectivity index (χ2v) is 2.08. The standard InChI is InChI=1S/C7H8N2O/c1-5-2-9-3-7(8)6(5)4-10/h2-4H,8H2,1H3. The first-order valence-electron chi connectivity index (χ1n) is 2.91. The summed E-state index contributed by atoms with van der Waals surface area (Å²) in [4.78, 5) is 14.1. The van der Waals surface area contributed by atoms with Crippen LogP contribution in [0.2, 0.25) is 0 Å². The molecule has 0 spiro atoms. The van der Waals surface area contributed by atoms with E-state index in [0.29, 0.717) is 11.3 Å². The van der Waals surface area contributed by atoms with Crippen molar-refractivity contribution < 1.29 is 4.79 Å². The van der Waals surface area contributed by atoms with Gasteiger partial charge in [0.25, 0.3) is 0 Å². The van der Waals surface area contributed by atoms with Crippen molar-refractivity contribution in [1.29, 1.82) is 0 Å². The van der Waals surface area contributed by atoms with E-state index in [1.807, 2.05) is 0 Å². The zero-order valence-corrected chi connectivity index (χ0v) is 5.66. The van der Waals surface area contributed by atoms with Gasteiger partial charge in [-0.1, -0.05) is 0 Å². The second kappa shape index (κ2) is 2.47. The smallest absolute Gasteiger partial charge is 0.152 e. The third-order valence-electron chi connectivity index (χ3n) is 1.34. The number of nitrogens with zero attached hydrogens (tertiary/aromatic N) is 1. The highest BCUT2D eigenvalue weighted by Crippen LogP contribution is 2.10. The predicted octanol–water partition coefficient (Wildman–Crippen LogP) is 0.785. The van der Waals surface area contributed by atoms with E-state index in [4.69, 9.17) is 5.73 Å². The monoisotopic (exact) mass is 136 g/mol. The molecule has 2 N–H and O–H groups in total. The lowest BCUT2D eigenvalue weighted by Crippen LogP contribution is -1.96. The van der Waals surface area contributed by atoms with Gasteiger partial charge in [-0.25, -0.2) is 0 Å². The molecule has 0 radical (unpaired) electrons. The van der Waals surface area contributed by atoms with Crippen LogP contribution >= 0.6 is 0 Å². The largest absolute Gasteiger partial charge is 0.397 e. The summed E-state index contributed by atoms with van der Waals surface area (Å²) in [6, 6.07) is 0. The van der Waals surface area contributed by atoms with Crippen LogP contribution in [0.4, 0.5) is 5.69 Å². The fraction of sp³-hybridized carbons (Fsp3) is 0.143. The number of aldehydes is 1. The van der Waals surface area contributed by atoms with Crippen molar-refractivity contribution in [2.24, 2.45) is 0 Å². The van der Waals surface area contributed by atoms with Crippen molar-refractivity contribution in [3.8, 4) is 0 Å². The Morgan fingerprint density at radius 2 is 2.30 bits per heavy atom. The Hall–Kier alpha value is -1.38. The molecule has 0 saturated heterocycles. The van der Waals surface area contributed by atoms with E-state index in [2.05, 4.69) is 4.98 Å². The average molecular weight is 136 g/mol. The van der Waals surface area contributed by atoms with Gasteiger partial charge in [0, 0.05) is 11.8 Å². The summed E-state index contributed by atoms with van der Waals surface area (Å²) in [6.45, 7) is 1.80. The van der Waals surface area contributed by atoms with Gasteiger partial charge in [-0.15, -0.1) is 0 Å². The lowest BCUT2D eigenvalue weighted by molar-refractivity contribution is 0.112. The fourth-order valence-electron chi connectivity index (χ4n) is 0.757. The van der Waals surface area contributed by atoms with Crippen molar-refractivity contribution in [3.63, 3.8) is 0 Å². The molecule has 0 saturated carbocycles. The lowest BCUT2D eigenvalue weighted by atomic mass is 10.1. The van der Waals surface area contributed by atoms with E-state index in [-0.39, 0.29) is 0 Å². The Bertz CT molecular complexity index is 238. The number of pyridine rings is 1. The van der Waals surface area contributed by atoms with Crippen LogP contribution in [0, 0.1) is 6.92 Å². The number of carbonyl (C=O) groups is 1. The van der Waals surface area contributed by atoms with Gasteiger partial charge in [0.1, 0.15) is 0 Å². The molecule has 1 aromatic heterocycles. The van der Waals surface area contributed by atoms with Crippen molar-refractivity contribution in [1.82, 2.24) is 4.98 Å². The van der Waals surface area contributed by atoms with Crippen LogP contribution in [0.25, 0.3) is 0 Å². The van der Waals surface area contributed by atoms with Crippen molar-refractivity contribution >= 4 is 12.0 Å². The van der Waals surface area contributed by atoms with E-state index in [0.717, 1.165) is 11.8 Å². The highest BCUT2D eigenvalue weighted by Gasteiger charge is 1.99. The van der Waals surface area contributed by atoms with Crippen molar-refractivity contribution in [2.75, 3.05) is 5.73 Å². The van der Waals surface area contributed by atoms with E-state index in [9.17, 15) is 4.79 Å². The van der Waals surface area contributed by atoms with Crippen LogP contribution in [-0.4, -0.2) is 11.3 Å². The van der Waals surface area contributed by atoms with Gasteiger partial charge in [-0.2, -0.15) is 0 Å². The van der Waals surface area contributed by atoms with Crippen LogP contribution in [0.15, 0.2) is 12.4 Å². The summed E-state index contributed by atoms with van der Waals surface area (Å²) in [6.07, 6.45) is 3.82. The number of aryl methyl sites for hydroxylation is 1. The van der Waals surface area contributed by atoms with Gasteiger partial charge in [0.15, 0.2) is 6.29 Å². The molecule has 1 aromatic rings. The molecule has 10 heavy (non-hydrogen) atoms. The van der Waals surface area contributed by atoms with Crippen LogP contribution in [-0.2, 0) is 0 Å². The van der Waals surface area contributed by atoms with Gasteiger partial charge in [-0.05, 0) is 12.5 Å². The number of rotatable bonds is 1. The van der Waals surface area contributed by atoms with Gasteiger partial charge in [0.05, 0.1) is 11.9 Å². The molecule has 0 aliphatic rings. The van der Waals surface area contributed by atoms with Gasteiger partial charge < -0.3 is 5.73 Å². The maximum absolute atomic E-state index is 10.3. The van der Waals surface area contributed by atoms with Gasteiger partial charge >= 0.3 is 0 Å². The maximum Gasteiger partial charge on any atom is 0.152 e. The highest BCUT2D eigenvalue weighted by molar-refractivity contribution is 5.84. The minimum Gasteiger partial charge on any atom is -0.397 e. The van der Waals surface area contributed by atoms with Crippen LogP contribution in [0.3, 0.4) is 0 Å². The number of aromatic nitrogens is 1. The molecule has 0 fully saturated rings. The Balaban J connectivity index is 3.30. The SMILES string of the molecule is Cc1cncc(N)c1C=O. The minimum absolute atomic E-state index is 0.440. The molecule has 3 nitrogen and oxygen atoms in total. The predicted molar refractivity (Wildman–Crippen MR) is 38.8 cm³/mol.